The van der Waals surface area contributed by atoms with Crippen LogP contribution < -0.4 is 16.0 Å². The molecule has 0 amide bonds. The van der Waals surface area contributed by atoms with Crippen molar-refractivity contribution >= 4 is 17.4 Å². The van der Waals surface area contributed by atoms with Crippen LogP contribution in [0.2, 0.25) is 5.02 Å². The fourth-order valence-corrected chi connectivity index (χ4v) is 2.96. The zero-order chi connectivity index (χ0) is 19.4. The summed E-state index contributed by atoms with van der Waals surface area (Å²) in [6, 6.07) is 0.859. The average molecular weight is 393 g/mol. The molecule has 0 saturated carbocycles. The standard InChI is InChI=1S/C15H9ClF4N2O4/c1-21-9(15(18,19)20)5-10(24)22(14(21)25)12-7(17)4-6(16)11-8(23)2-3-26-13(11)12/h4-5H,2-3H2,1H3. The first-order chi connectivity index (χ1) is 12.0. The lowest BCUT2D eigenvalue weighted by Crippen LogP contribution is -2.41. The number of ether oxygens (including phenoxy) is 1. The van der Waals surface area contributed by atoms with E-state index in [2.05, 4.69) is 0 Å². The Bertz CT molecular complexity index is 1060. The Morgan fingerprint density at radius 2 is 1.85 bits per heavy atom. The number of alkyl halides is 3. The Hall–Kier alpha value is -2.62. The molecule has 1 aliphatic rings. The lowest BCUT2D eigenvalue weighted by atomic mass is 10.0. The van der Waals surface area contributed by atoms with Gasteiger partial charge in [0.05, 0.1) is 17.2 Å². The largest absolute Gasteiger partial charge is 0.490 e. The van der Waals surface area contributed by atoms with Crippen LogP contribution in [0.15, 0.2) is 21.7 Å². The van der Waals surface area contributed by atoms with Crippen LogP contribution in [0.25, 0.3) is 5.69 Å². The number of hydrogen-bond donors (Lipinski definition) is 0. The van der Waals surface area contributed by atoms with Gasteiger partial charge in [-0.05, 0) is 6.07 Å². The van der Waals surface area contributed by atoms with Gasteiger partial charge in [-0.3, -0.25) is 14.2 Å². The summed E-state index contributed by atoms with van der Waals surface area (Å²) >= 11 is 5.84. The fraction of sp³-hybridized carbons (Fsp3) is 0.267. The summed E-state index contributed by atoms with van der Waals surface area (Å²) in [5.41, 5.74) is -5.36. The van der Waals surface area contributed by atoms with Crippen molar-refractivity contribution in [1.82, 2.24) is 9.13 Å². The third kappa shape index (κ3) is 2.70. The van der Waals surface area contributed by atoms with Gasteiger partial charge in [-0.15, -0.1) is 0 Å². The molecule has 3 rings (SSSR count). The Balaban J connectivity index is 2.42. The van der Waals surface area contributed by atoms with Crippen molar-refractivity contribution in [2.24, 2.45) is 7.05 Å². The summed E-state index contributed by atoms with van der Waals surface area (Å²) in [5.74, 6) is -2.15. The van der Waals surface area contributed by atoms with E-state index in [1.165, 1.54) is 0 Å². The summed E-state index contributed by atoms with van der Waals surface area (Å²) < 4.78 is 58.8. The molecule has 0 atom stereocenters. The van der Waals surface area contributed by atoms with Gasteiger partial charge in [-0.2, -0.15) is 13.2 Å². The van der Waals surface area contributed by atoms with E-state index in [9.17, 15) is 31.9 Å². The van der Waals surface area contributed by atoms with E-state index < -0.39 is 46.2 Å². The number of aromatic nitrogens is 2. The molecule has 26 heavy (non-hydrogen) atoms. The Labute approximate surface area is 147 Å². The number of halogens is 5. The third-order valence-electron chi connectivity index (χ3n) is 3.85. The van der Waals surface area contributed by atoms with Crippen molar-refractivity contribution in [2.75, 3.05) is 6.61 Å². The normalized spacial score (nSPS) is 14.2. The third-order valence-corrected chi connectivity index (χ3v) is 4.15. The number of nitrogens with zero attached hydrogens (tertiary/aromatic N) is 2. The van der Waals surface area contributed by atoms with E-state index in [-0.39, 0.29) is 38.8 Å². The molecule has 2 aromatic rings. The van der Waals surface area contributed by atoms with Crippen LogP contribution in [0.5, 0.6) is 5.75 Å². The second-order valence-electron chi connectivity index (χ2n) is 5.46. The van der Waals surface area contributed by atoms with E-state index in [0.29, 0.717) is 6.07 Å². The van der Waals surface area contributed by atoms with Gasteiger partial charge in [0.25, 0.3) is 5.56 Å². The molecule has 138 valence electrons. The quantitative estimate of drug-likeness (QED) is 0.698. The Morgan fingerprint density at radius 1 is 1.19 bits per heavy atom. The summed E-state index contributed by atoms with van der Waals surface area (Å²) in [5, 5.41) is -0.289. The summed E-state index contributed by atoms with van der Waals surface area (Å²) in [4.78, 5) is 36.5. The van der Waals surface area contributed by atoms with Crippen LogP contribution in [-0.4, -0.2) is 21.5 Å². The number of Topliss-reactive ketones (excluding diaryl/α,β-unsaturated/α-hetero) is 1. The second-order valence-corrected chi connectivity index (χ2v) is 5.86. The first-order valence-corrected chi connectivity index (χ1v) is 7.50. The van der Waals surface area contributed by atoms with Gasteiger partial charge in [0.1, 0.15) is 11.4 Å². The first kappa shape index (κ1) is 18.2. The first-order valence-electron chi connectivity index (χ1n) is 7.12. The molecule has 0 aliphatic carbocycles. The minimum atomic E-state index is -4.96. The number of rotatable bonds is 1. The fourth-order valence-electron chi connectivity index (χ4n) is 2.67. The van der Waals surface area contributed by atoms with Crippen LogP contribution >= 0.6 is 11.6 Å². The van der Waals surface area contributed by atoms with Gasteiger partial charge in [0.2, 0.25) is 0 Å². The number of hydrogen-bond acceptors (Lipinski definition) is 4. The molecule has 0 bridgehead atoms. The molecule has 1 aliphatic heterocycles. The molecular weight excluding hydrogens is 384 g/mol. The molecule has 0 N–H and O–H groups in total. The smallest absolute Gasteiger partial charge is 0.431 e. The predicted octanol–water partition coefficient (Wildman–Crippen LogP) is 2.31. The number of ketones is 1. The maximum absolute atomic E-state index is 14.5. The van der Waals surface area contributed by atoms with Crippen molar-refractivity contribution < 1.29 is 27.1 Å². The molecule has 2 heterocycles. The molecule has 1 aromatic heterocycles. The highest BCUT2D eigenvalue weighted by Gasteiger charge is 2.36. The minimum Gasteiger partial charge on any atom is -0.490 e. The molecule has 0 unspecified atom stereocenters. The van der Waals surface area contributed by atoms with Crippen molar-refractivity contribution in [2.45, 2.75) is 12.6 Å². The average Bonchev–Trinajstić information content (AvgIpc) is 2.52. The monoisotopic (exact) mass is 392 g/mol. The minimum absolute atomic E-state index is 0.0578. The lowest BCUT2D eigenvalue weighted by Gasteiger charge is -2.22. The topological polar surface area (TPSA) is 70.3 Å². The van der Waals surface area contributed by atoms with Crippen LogP contribution in [0, 0.1) is 5.82 Å². The van der Waals surface area contributed by atoms with Crippen molar-refractivity contribution in [3.63, 3.8) is 0 Å². The molecule has 0 radical (unpaired) electrons. The number of carbonyl (C=O) groups excluding carboxylic acids is 1. The van der Waals surface area contributed by atoms with Crippen LogP contribution in [0.1, 0.15) is 22.5 Å². The van der Waals surface area contributed by atoms with E-state index in [1.807, 2.05) is 0 Å². The zero-order valence-corrected chi connectivity index (χ0v) is 13.7. The zero-order valence-electron chi connectivity index (χ0n) is 13.0. The Morgan fingerprint density at radius 3 is 2.46 bits per heavy atom. The molecule has 0 spiro atoms. The molecular formula is C15H9ClF4N2O4. The van der Waals surface area contributed by atoms with E-state index >= 15 is 0 Å². The Kier molecular flexibility index (Phi) is 4.18. The van der Waals surface area contributed by atoms with Crippen LogP contribution in [0.4, 0.5) is 17.6 Å². The summed E-state index contributed by atoms with van der Waals surface area (Å²) in [7, 11) is 0.785. The van der Waals surface area contributed by atoms with Gasteiger partial charge in [-0.1, -0.05) is 11.6 Å². The molecule has 1 aromatic carbocycles. The van der Waals surface area contributed by atoms with Crippen LogP contribution in [0.3, 0.4) is 0 Å². The lowest BCUT2D eigenvalue weighted by molar-refractivity contribution is -0.144. The molecule has 0 fully saturated rings. The maximum atomic E-state index is 14.5. The maximum Gasteiger partial charge on any atom is 0.431 e. The van der Waals surface area contributed by atoms with Gasteiger partial charge in [0.15, 0.2) is 17.3 Å². The van der Waals surface area contributed by atoms with Gasteiger partial charge in [-0.25, -0.2) is 13.8 Å². The number of benzene rings is 1. The van der Waals surface area contributed by atoms with E-state index in [4.69, 9.17) is 16.3 Å². The van der Waals surface area contributed by atoms with Crippen molar-refractivity contribution in [3.05, 3.63) is 55.1 Å². The summed E-state index contributed by atoms with van der Waals surface area (Å²) in [6.45, 7) is -0.158. The molecule has 6 nitrogen and oxygen atoms in total. The van der Waals surface area contributed by atoms with Gasteiger partial charge < -0.3 is 4.74 Å². The van der Waals surface area contributed by atoms with Crippen molar-refractivity contribution in [1.29, 1.82) is 0 Å². The molecule has 11 heteroatoms. The highest BCUT2D eigenvalue weighted by atomic mass is 35.5. The van der Waals surface area contributed by atoms with Crippen molar-refractivity contribution in [3.8, 4) is 11.4 Å². The predicted molar refractivity (Wildman–Crippen MR) is 81.7 cm³/mol. The highest BCUT2D eigenvalue weighted by molar-refractivity contribution is 6.34. The van der Waals surface area contributed by atoms with E-state index in [1.54, 1.807) is 0 Å². The highest BCUT2D eigenvalue weighted by Crippen LogP contribution is 2.38. The number of fused-ring (bicyclic) bond motifs is 1. The number of carbonyl (C=O) groups is 1. The van der Waals surface area contributed by atoms with Gasteiger partial charge in [0, 0.05) is 19.5 Å². The van der Waals surface area contributed by atoms with Crippen LogP contribution in [-0.2, 0) is 13.2 Å². The summed E-state index contributed by atoms with van der Waals surface area (Å²) in [6.07, 6.45) is -5.02. The van der Waals surface area contributed by atoms with E-state index in [0.717, 1.165) is 7.05 Å². The second kappa shape index (κ2) is 5.97. The SMILES string of the molecule is Cn1c(C(F)(F)F)cc(=O)n(-c2c(F)cc(Cl)c3c2OCCC3=O)c1=O. The van der Waals surface area contributed by atoms with Gasteiger partial charge >= 0.3 is 11.9 Å². The molecule has 0 saturated heterocycles.